The van der Waals surface area contributed by atoms with E-state index in [1.807, 2.05) is 0 Å². The highest BCUT2D eigenvalue weighted by molar-refractivity contribution is 8.00. The van der Waals surface area contributed by atoms with Crippen LogP contribution in [0.25, 0.3) is 0 Å². The zero-order valence-electron chi connectivity index (χ0n) is 10.0. The Kier molecular flexibility index (Phi) is 6.47. The summed E-state index contributed by atoms with van der Waals surface area (Å²) in [6.45, 7) is -0.307. The molecule has 0 aliphatic rings. The fourth-order valence-electron chi connectivity index (χ4n) is 1.09. The highest BCUT2D eigenvalue weighted by atomic mass is 32.2. The van der Waals surface area contributed by atoms with Crippen LogP contribution in [0.5, 0.6) is 0 Å². The van der Waals surface area contributed by atoms with Crippen LogP contribution in [-0.2, 0) is 14.3 Å². The van der Waals surface area contributed by atoms with E-state index in [1.165, 1.54) is 6.07 Å². The minimum atomic E-state index is -0.593. The van der Waals surface area contributed by atoms with Gasteiger partial charge in [-0.1, -0.05) is 18.1 Å². The van der Waals surface area contributed by atoms with Gasteiger partial charge in [0.1, 0.15) is 5.82 Å². The number of benzene rings is 1. The first-order valence-corrected chi connectivity index (χ1v) is 6.35. The first-order chi connectivity index (χ1) is 9.13. The van der Waals surface area contributed by atoms with Crippen LogP contribution >= 0.6 is 11.8 Å². The van der Waals surface area contributed by atoms with Crippen LogP contribution in [0.1, 0.15) is 0 Å². The number of hydrogen-bond acceptors (Lipinski definition) is 4. The van der Waals surface area contributed by atoms with Crippen molar-refractivity contribution < 1.29 is 18.7 Å². The van der Waals surface area contributed by atoms with E-state index >= 15 is 0 Å². The Morgan fingerprint density at radius 2 is 2.16 bits per heavy atom. The molecule has 0 aliphatic carbocycles. The number of hydrogen-bond donors (Lipinski definition) is 1. The zero-order chi connectivity index (χ0) is 14.1. The Balaban J connectivity index is 2.27. The molecule has 0 bridgehead atoms. The molecule has 100 valence electrons. The van der Waals surface area contributed by atoms with Gasteiger partial charge in [0.2, 0.25) is 0 Å². The monoisotopic (exact) mass is 281 g/mol. The first kappa shape index (κ1) is 15.1. The molecule has 1 aromatic rings. The second-order valence-electron chi connectivity index (χ2n) is 3.36. The number of carbonyl (C=O) groups excluding carboxylic acids is 2. The second kappa shape index (κ2) is 8.16. The smallest absolute Gasteiger partial charge is 0.316 e. The van der Waals surface area contributed by atoms with Crippen LogP contribution in [0, 0.1) is 18.2 Å². The maximum Gasteiger partial charge on any atom is 0.316 e. The Bertz CT molecular complexity index is 499. The van der Waals surface area contributed by atoms with Crippen LogP contribution in [0.2, 0.25) is 0 Å². The largest absolute Gasteiger partial charge is 0.455 e. The second-order valence-corrected chi connectivity index (χ2v) is 4.38. The average molecular weight is 281 g/mol. The summed E-state index contributed by atoms with van der Waals surface area (Å²) in [5, 5.41) is 2.35. The first-order valence-electron chi connectivity index (χ1n) is 5.36. The number of esters is 1. The van der Waals surface area contributed by atoms with Gasteiger partial charge in [-0.25, -0.2) is 4.39 Å². The topological polar surface area (TPSA) is 55.4 Å². The van der Waals surface area contributed by atoms with E-state index in [-0.39, 0.29) is 12.3 Å². The van der Waals surface area contributed by atoms with E-state index in [4.69, 9.17) is 11.2 Å². The van der Waals surface area contributed by atoms with E-state index in [0.29, 0.717) is 4.90 Å². The lowest BCUT2D eigenvalue weighted by molar-refractivity contribution is -0.145. The lowest BCUT2D eigenvalue weighted by atomic mass is 10.3. The summed E-state index contributed by atoms with van der Waals surface area (Å²) >= 11 is 1.01. The number of carbonyl (C=O) groups is 2. The van der Waals surface area contributed by atoms with Gasteiger partial charge in [-0.15, -0.1) is 18.2 Å². The summed E-state index contributed by atoms with van der Waals surface area (Å²) in [5.74, 6) is 0.695. The van der Waals surface area contributed by atoms with E-state index < -0.39 is 24.3 Å². The third-order valence-corrected chi connectivity index (χ3v) is 2.96. The van der Waals surface area contributed by atoms with Gasteiger partial charge in [-0.05, 0) is 12.1 Å². The quantitative estimate of drug-likeness (QED) is 0.484. The van der Waals surface area contributed by atoms with Gasteiger partial charge in [0.15, 0.2) is 6.61 Å². The fourth-order valence-corrected chi connectivity index (χ4v) is 1.82. The van der Waals surface area contributed by atoms with Crippen molar-refractivity contribution in [2.75, 3.05) is 18.9 Å². The number of halogens is 1. The molecule has 0 radical (unpaired) electrons. The molecule has 0 heterocycles. The van der Waals surface area contributed by atoms with Gasteiger partial charge >= 0.3 is 5.97 Å². The van der Waals surface area contributed by atoms with Gasteiger partial charge < -0.3 is 10.1 Å². The van der Waals surface area contributed by atoms with E-state index in [2.05, 4.69) is 11.2 Å². The molecule has 0 atom stereocenters. The van der Waals surface area contributed by atoms with Gasteiger partial charge in [0, 0.05) is 4.90 Å². The SMILES string of the molecule is C#CCNC(=O)COC(=O)CSc1ccccc1F. The molecule has 1 N–H and O–H groups in total. The van der Waals surface area contributed by atoms with Crippen LogP contribution in [0.15, 0.2) is 29.2 Å². The zero-order valence-corrected chi connectivity index (χ0v) is 10.8. The molecule has 0 saturated carbocycles. The van der Waals surface area contributed by atoms with Crippen LogP contribution in [0.4, 0.5) is 4.39 Å². The maximum absolute atomic E-state index is 13.2. The van der Waals surface area contributed by atoms with Crippen molar-refractivity contribution in [3.8, 4) is 12.3 Å². The third kappa shape index (κ3) is 5.93. The van der Waals surface area contributed by atoms with Gasteiger partial charge in [0.25, 0.3) is 5.91 Å². The molecule has 0 saturated heterocycles. The molecule has 1 aromatic carbocycles. The van der Waals surface area contributed by atoms with Crippen molar-refractivity contribution in [1.82, 2.24) is 5.32 Å². The molecule has 19 heavy (non-hydrogen) atoms. The molecule has 1 amide bonds. The normalized spacial score (nSPS) is 9.47. The molecule has 0 aromatic heterocycles. The minimum absolute atomic E-state index is 0.0661. The molecule has 0 spiro atoms. The van der Waals surface area contributed by atoms with Crippen LogP contribution in [-0.4, -0.2) is 30.8 Å². The summed E-state index contributed by atoms with van der Waals surface area (Å²) in [6, 6.07) is 6.10. The molecule has 6 heteroatoms. The van der Waals surface area contributed by atoms with Gasteiger partial charge in [-0.3, -0.25) is 9.59 Å². The van der Waals surface area contributed by atoms with E-state index in [9.17, 15) is 14.0 Å². The molecule has 1 rings (SSSR count). The molecule has 0 fully saturated rings. The predicted molar refractivity (Wildman–Crippen MR) is 69.9 cm³/mol. The highest BCUT2D eigenvalue weighted by Crippen LogP contribution is 2.20. The molecule has 4 nitrogen and oxygen atoms in total. The lowest BCUT2D eigenvalue weighted by Crippen LogP contribution is -2.29. The van der Waals surface area contributed by atoms with E-state index in [0.717, 1.165) is 11.8 Å². The molecule has 0 unspecified atom stereocenters. The fraction of sp³-hybridized carbons (Fsp3) is 0.231. The summed E-state index contributed by atoms with van der Waals surface area (Å²) in [6.07, 6.45) is 4.95. The number of terminal acetylenes is 1. The van der Waals surface area contributed by atoms with Gasteiger partial charge in [0.05, 0.1) is 12.3 Å². The Hall–Kier alpha value is -2.00. The van der Waals surface area contributed by atoms with Gasteiger partial charge in [-0.2, -0.15) is 0 Å². The number of amides is 1. The summed E-state index contributed by atoms with van der Waals surface area (Å²) < 4.78 is 17.9. The minimum Gasteiger partial charge on any atom is -0.455 e. The Labute approximate surface area is 114 Å². The summed E-state index contributed by atoms with van der Waals surface area (Å²) in [7, 11) is 0. The Morgan fingerprint density at radius 3 is 2.84 bits per heavy atom. The maximum atomic E-state index is 13.2. The van der Waals surface area contributed by atoms with Crippen molar-refractivity contribution in [3.63, 3.8) is 0 Å². The summed E-state index contributed by atoms with van der Waals surface area (Å²) in [5.41, 5.74) is 0. The average Bonchev–Trinajstić information content (AvgIpc) is 2.42. The number of ether oxygens (including phenoxy) is 1. The van der Waals surface area contributed by atoms with Crippen molar-refractivity contribution >= 4 is 23.6 Å². The predicted octanol–water partition coefficient (Wildman–Crippen LogP) is 1.21. The van der Waals surface area contributed by atoms with E-state index in [1.54, 1.807) is 18.2 Å². The number of thioether (sulfide) groups is 1. The standard InChI is InChI=1S/C13H12FNO3S/c1-2-7-15-12(16)8-18-13(17)9-19-11-6-4-3-5-10(11)14/h1,3-6H,7-9H2,(H,15,16). The molecular weight excluding hydrogens is 269 g/mol. The van der Waals surface area contributed by atoms with Crippen molar-refractivity contribution in [3.05, 3.63) is 30.1 Å². The van der Waals surface area contributed by atoms with Crippen LogP contribution < -0.4 is 5.32 Å². The molecule has 0 aliphatic heterocycles. The third-order valence-electron chi connectivity index (χ3n) is 1.93. The summed E-state index contributed by atoms with van der Waals surface area (Å²) in [4.78, 5) is 22.8. The van der Waals surface area contributed by atoms with Crippen molar-refractivity contribution in [2.45, 2.75) is 4.90 Å². The van der Waals surface area contributed by atoms with Crippen molar-refractivity contribution in [2.24, 2.45) is 0 Å². The lowest BCUT2D eigenvalue weighted by Gasteiger charge is -2.05. The van der Waals surface area contributed by atoms with Crippen LogP contribution in [0.3, 0.4) is 0 Å². The Morgan fingerprint density at radius 1 is 1.42 bits per heavy atom. The number of nitrogens with one attached hydrogen (secondary N) is 1. The number of rotatable bonds is 6. The highest BCUT2D eigenvalue weighted by Gasteiger charge is 2.09. The molecular formula is C13H12FNO3S. The van der Waals surface area contributed by atoms with Crippen molar-refractivity contribution in [1.29, 1.82) is 0 Å².